The summed E-state index contributed by atoms with van der Waals surface area (Å²) in [4.78, 5) is 0. The minimum absolute atomic E-state index is 0. The van der Waals surface area contributed by atoms with Gasteiger partial charge in [-0.15, -0.1) is 12.4 Å². The Balaban J connectivity index is 0.00000261. The van der Waals surface area contributed by atoms with E-state index in [9.17, 15) is 8.42 Å². The van der Waals surface area contributed by atoms with Crippen molar-refractivity contribution < 1.29 is 13.2 Å². The minimum Gasteiger partial charge on any atom is -0.496 e. The van der Waals surface area contributed by atoms with Crippen LogP contribution in [0.5, 0.6) is 5.75 Å². The third-order valence-electron chi connectivity index (χ3n) is 5.88. The fourth-order valence-electron chi connectivity index (χ4n) is 4.51. The molecule has 0 spiro atoms. The first kappa shape index (κ1) is 22.5. The zero-order chi connectivity index (χ0) is 18.6. The van der Waals surface area contributed by atoms with Crippen LogP contribution in [0.1, 0.15) is 50.2 Å². The Labute approximate surface area is 170 Å². The molecule has 0 aromatic heterocycles. The number of benzene rings is 1. The molecule has 0 amide bonds. The summed E-state index contributed by atoms with van der Waals surface area (Å²) in [6.07, 6.45) is 7.06. The van der Waals surface area contributed by atoms with Gasteiger partial charge >= 0.3 is 0 Å². The molecule has 1 aromatic rings. The molecule has 1 aromatic carbocycles. The number of ether oxygens (including phenoxy) is 1. The molecule has 2 aliphatic rings. The highest BCUT2D eigenvalue weighted by Gasteiger charge is 2.35. The van der Waals surface area contributed by atoms with Crippen molar-refractivity contribution in [1.82, 2.24) is 9.62 Å². The number of aryl methyl sites for hydroxylation is 1. The van der Waals surface area contributed by atoms with Crippen LogP contribution in [-0.4, -0.2) is 50.8 Å². The number of fused-ring (bicyclic) bond motifs is 1. The highest BCUT2D eigenvalue weighted by molar-refractivity contribution is 7.89. The van der Waals surface area contributed by atoms with Crippen molar-refractivity contribution in [2.24, 2.45) is 0 Å². The maximum absolute atomic E-state index is 12.2. The topological polar surface area (TPSA) is 58.6 Å². The zero-order valence-electron chi connectivity index (χ0n) is 16.5. The van der Waals surface area contributed by atoms with Crippen LogP contribution in [0.2, 0.25) is 0 Å². The molecule has 0 radical (unpaired) electrons. The number of rotatable bonds is 7. The fraction of sp³-hybridized carbons (Fsp3) is 0.700. The van der Waals surface area contributed by atoms with Crippen LogP contribution in [0, 0.1) is 0 Å². The molecule has 5 nitrogen and oxygen atoms in total. The molecule has 154 valence electrons. The van der Waals surface area contributed by atoms with Crippen LogP contribution in [-0.2, 0) is 22.9 Å². The molecule has 1 unspecified atom stereocenters. The second-order valence-corrected chi connectivity index (χ2v) is 9.74. The molecule has 0 bridgehead atoms. The van der Waals surface area contributed by atoms with E-state index in [4.69, 9.17) is 4.74 Å². The van der Waals surface area contributed by atoms with Gasteiger partial charge in [-0.25, -0.2) is 12.7 Å². The third kappa shape index (κ3) is 5.17. The number of hydrogen-bond donors (Lipinski definition) is 1. The van der Waals surface area contributed by atoms with E-state index in [-0.39, 0.29) is 17.9 Å². The highest BCUT2D eigenvalue weighted by atomic mass is 35.5. The van der Waals surface area contributed by atoms with Crippen molar-refractivity contribution in [2.45, 2.75) is 57.4 Å². The average molecular weight is 417 g/mol. The number of nitrogens with zero attached hydrogens (tertiary/aromatic N) is 1. The van der Waals surface area contributed by atoms with Crippen molar-refractivity contribution in [2.75, 3.05) is 32.5 Å². The molecule has 7 heteroatoms. The van der Waals surface area contributed by atoms with Gasteiger partial charge in [-0.3, -0.25) is 0 Å². The van der Waals surface area contributed by atoms with Crippen LogP contribution in [0.25, 0.3) is 0 Å². The summed E-state index contributed by atoms with van der Waals surface area (Å²) >= 11 is 0. The first-order chi connectivity index (χ1) is 12.5. The highest BCUT2D eigenvalue weighted by Crippen LogP contribution is 2.36. The van der Waals surface area contributed by atoms with Crippen LogP contribution in [0.3, 0.4) is 0 Å². The van der Waals surface area contributed by atoms with Gasteiger partial charge in [-0.1, -0.05) is 25.5 Å². The molecule has 1 N–H and O–H groups in total. The number of sulfonamides is 1. The van der Waals surface area contributed by atoms with Crippen molar-refractivity contribution in [1.29, 1.82) is 0 Å². The predicted octanol–water partition coefficient (Wildman–Crippen LogP) is 3.16. The lowest BCUT2D eigenvalue weighted by atomic mass is 9.75. The normalized spacial score (nSPS) is 24.7. The maximum Gasteiger partial charge on any atom is 0.214 e. The Hall–Kier alpha value is -0.820. The van der Waals surface area contributed by atoms with E-state index in [0.717, 1.165) is 50.7 Å². The summed E-state index contributed by atoms with van der Waals surface area (Å²) in [5.41, 5.74) is 2.74. The van der Waals surface area contributed by atoms with Crippen LogP contribution in [0.15, 0.2) is 18.2 Å². The van der Waals surface area contributed by atoms with Crippen molar-refractivity contribution in [3.8, 4) is 5.75 Å². The molecule has 3 rings (SSSR count). The second kappa shape index (κ2) is 9.59. The molecule has 1 aliphatic heterocycles. The van der Waals surface area contributed by atoms with Crippen LogP contribution < -0.4 is 10.1 Å². The van der Waals surface area contributed by atoms with Gasteiger partial charge in [0, 0.05) is 25.2 Å². The van der Waals surface area contributed by atoms with E-state index in [0.29, 0.717) is 25.4 Å². The van der Waals surface area contributed by atoms with Gasteiger partial charge in [0.25, 0.3) is 0 Å². The molecular weight excluding hydrogens is 384 g/mol. The van der Waals surface area contributed by atoms with Crippen molar-refractivity contribution in [3.05, 3.63) is 29.3 Å². The standard InChI is InChI=1S/C20H32N2O3S.ClH/c1-3-10-20(21-12-14-22-13-4-5-15-26(22,23)24)11-9-17-7-6-8-19(25-2)18(17)16-20;/h6-8,21H,3-5,9-16H2,1-2H3;1H. The predicted molar refractivity (Wildman–Crippen MR) is 113 cm³/mol. The van der Waals surface area contributed by atoms with Crippen molar-refractivity contribution >= 4 is 22.4 Å². The summed E-state index contributed by atoms with van der Waals surface area (Å²) in [6.45, 7) is 4.17. The van der Waals surface area contributed by atoms with E-state index in [1.165, 1.54) is 11.1 Å². The third-order valence-corrected chi connectivity index (χ3v) is 7.84. The summed E-state index contributed by atoms with van der Waals surface area (Å²) in [5.74, 6) is 1.28. The lowest BCUT2D eigenvalue weighted by molar-refractivity contribution is 0.248. The van der Waals surface area contributed by atoms with Gasteiger partial charge < -0.3 is 10.1 Å². The number of methoxy groups -OCH3 is 1. The summed E-state index contributed by atoms with van der Waals surface area (Å²) in [5, 5.41) is 3.75. The Morgan fingerprint density at radius 1 is 1.30 bits per heavy atom. The lowest BCUT2D eigenvalue weighted by Crippen LogP contribution is -2.52. The minimum atomic E-state index is -3.04. The van der Waals surface area contributed by atoms with Crippen LogP contribution in [0.4, 0.5) is 0 Å². The fourth-order valence-corrected chi connectivity index (χ4v) is 6.11. The van der Waals surface area contributed by atoms with Gasteiger partial charge in [0.2, 0.25) is 10.0 Å². The molecular formula is C20H33ClN2O3S. The molecule has 1 saturated heterocycles. The summed E-state index contributed by atoms with van der Waals surface area (Å²) in [6, 6.07) is 6.31. The molecule has 0 saturated carbocycles. The van der Waals surface area contributed by atoms with Crippen molar-refractivity contribution in [3.63, 3.8) is 0 Å². The van der Waals surface area contributed by atoms with Gasteiger partial charge in [-0.05, 0) is 55.7 Å². The monoisotopic (exact) mass is 416 g/mol. The van der Waals surface area contributed by atoms with E-state index in [1.807, 2.05) is 6.07 Å². The molecule has 1 fully saturated rings. The molecule has 1 heterocycles. The summed E-state index contributed by atoms with van der Waals surface area (Å²) in [7, 11) is -1.31. The first-order valence-corrected chi connectivity index (χ1v) is 11.5. The largest absolute Gasteiger partial charge is 0.496 e. The van der Waals surface area contributed by atoms with E-state index in [1.54, 1.807) is 11.4 Å². The smallest absolute Gasteiger partial charge is 0.214 e. The van der Waals surface area contributed by atoms with E-state index >= 15 is 0 Å². The van der Waals surface area contributed by atoms with Gasteiger partial charge in [0.05, 0.1) is 12.9 Å². The summed E-state index contributed by atoms with van der Waals surface area (Å²) < 4.78 is 31.7. The number of hydrogen-bond acceptors (Lipinski definition) is 4. The van der Waals surface area contributed by atoms with Gasteiger partial charge in [-0.2, -0.15) is 0 Å². The molecule has 1 atom stereocenters. The quantitative estimate of drug-likeness (QED) is 0.741. The van der Waals surface area contributed by atoms with Crippen LogP contribution >= 0.6 is 12.4 Å². The van der Waals surface area contributed by atoms with E-state index < -0.39 is 10.0 Å². The zero-order valence-corrected chi connectivity index (χ0v) is 18.1. The second-order valence-electron chi connectivity index (χ2n) is 7.65. The number of halogens is 1. The Kier molecular flexibility index (Phi) is 7.98. The van der Waals surface area contributed by atoms with Gasteiger partial charge in [0.1, 0.15) is 5.75 Å². The maximum atomic E-state index is 12.2. The SMILES string of the molecule is CCCC1(NCCN2CCCCS2(=O)=O)CCc2cccc(OC)c2C1.Cl. The molecule has 27 heavy (non-hydrogen) atoms. The first-order valence-electron chi connectivity index (χ1n) is 9.87. The molecule has 1 aliphatic carbocycles. The Bertz CT molecular complexity index is 712. The number of nitrogens with one attached hydrogen (secondary N) is 1. The Morgan fingerprint density at radius 3 is 2.81 bits per heavy atom. The average Bonchev–Trinajstić information content (AvgIpc) is 2.63. The lowest BCUT2D eigenvalue weighted by Gasteiger charge is -2.40. The Morgan fingerprint density at radius 2 is 2.11 bits per heavy atom. The van der Waals surface area contributed by atoms with E-state index in [2.05, 4.69) is 24.4 Å². The van der Waals surface area contributed by atoms with Gasteiger partial charge in [0.15, 0.2) is 0 Å².